The minimum atomic E-state index is -3.47. The van der Waals surface area contributed by atoms with Gasteiger partial charge in [0.2, 0.25) is 16.0 Å². The van der Waals surface area contributed by atoms with E-state index in [1.165, 1.54) is 20.4 Å². The van der Waals surface area contributed by atoms with E-state index in [-0.39, 0.29) is 16.8 Å². The summed E-state index contributed by atoms with van der Waals surface area (Å²) in [5.74, 6) is 1.01. The molecule has 33 heavy (non-hydrogen) atoms. The maximum atomic E-state index is 12.4. The molecule has 9 nitrogen and oxygen atoms in total. The van der Waals surface area contributed by atoms with E-state index in [0.717, 1.165) is 10.6 Å². The van der Waals surface area contributed by atoms with Crippen molar-refractivity contribution >= 4 is 62.9 Å². The lowest BCUT2D eigenvalue weighted by Gasteiger charge is -2.21. The Balaban J connectivity index is 1.93. The highest BCUT2D eigenvalue weighted by molar-refractivity contribution is 7.92. The third-order valence-electron chi connectivity index (χ3n) is 4.79. The standard InChI is InChI=1S/C21H25ClN5O4PS/c1-27(33(5,29)30)18-9-7-6-8-16(18)24-20-15(22)13-23-21(26-20)25-17-11-10-14(32(3,4)28)12-19(17)31-2/h6-13H,1-5H3,(H2,23,24,25,26). The lowest BCUT2D eigenvalue weighted by Crippen LogP contribution is -2.25. The van der Waals surface area contributed by atoms with Crippen molar-refractivity contribution in [2.24, 2.45) is 0 Å². The molecular weight excluding hydrogens is 485 g/mol. The molecule has 0 amide bonds. The van der Waals surface area contributed by atoms with Gasteiger partial charge >= 0.3 is 0 Å². The van der Waals surface area contributed by atoms with E-state index in [1.54, 1.807) is 55.8 Å². The van der Waals surface area contributed by atoms with Gasteiger partial charge in [0, 0.05) is 12.4 Å². The first kappa shape index (κ1) is 24.8. The zero-order valence-corrected chi connectivity index (χ0v) is 21.3. The zero-order valence-electron chi connectivity index (χ0n) is 18.8. The molecule has 2 aromatic carbocycles. The van der Waals surface area contributed by atoms with Crippen LogP contribution in [0.1, 0.15) is 0 Å². The molecule has 0 radical (unpaired) electrons. The topological polar surface area (TPSA) is 114 Å². The molecule has 0 spiro atoms. The van der Waals surface area contributed by atoms with Gasteiger partial charge in [0.25, 0.3) is 0 Å². The number of halogens is 1. The second-order valence-corrected chi connectivity index (χ2v) is 13.3. The Kier molecular flexibility index (Phi) is 7.21. The SMILES string of the molecule is COc1cc(P(C)(C)=O)ccc1Nc1ncc(Cl)c(Nc2ccccc2N(C)S(C)(=O)=O)n1. The van der Waals surface area contributed by atoms with Crippen molar-refractivity contribution < 1.29 is 17.7 Å². The largest absolute Gasteiger partial charge is 0.495 e. The first-order valence-electron chi connectivity index (χ1n) is 9.73. The Morgan fingerprint density at radius 1 is 1.09 bits per heavy atom. The van der Waals surface area contributed by atoms with Crippen LogP contribution in [0.25, 0.3) is 0 Å². The van der Waals surface area contributed by atoms with Crippen LogP contribution in [0.2, 0.25) is 5.02 Å². The third-order valence-corrected chi connectivity index (χ3v) is 7.78. The summed E-state index contributed by atoms with van der Waals surface area (Å²) in [7, 11) is -2.94. The number of hydrogen-bond donors (Lipinski definition) is 2. The van der Waals surface area contributed by atoms with Crippen LogP contribution >= 0.6 is 18.7 Å². The van der Waals surface area contributed by atoms with Crippen LogP contribution in [-0.2, 0) is 14.6 Å². The van der Waals surface area contributed by atoms with Gasteiger partial charge in [-0.2, -0.15) is 4.98 Å². The van der Waals surface area contributed by atoms with Crippen molar-refractivity contribution in [2.75, 3.05) is 48.7 Å². The number of sulfonamides is 1. The van der Waals surface area contributed by atoms with Gasteiger partial charge in [0.1, 0.15) is 17.9 Å². The highest BCUT2D eigenvalue weighted by Gasteiger charge is 2.18. The molecule has 0 saturated carbocycles. The molecule has 3 rings (SSSR count). The van der Waals surface area contributed by atoms with Gasteiger partial charge in [-0.3, -0.25) is 4.31 Å². The smallest absolute Gasteiger partial charge is 0.232 e. The lowest BCUT2D eigenvalue weighted by atomic mass is 10.2. The summed E-state index contributed by atoms with van der Waals surface area (Å²) in [6.07, 6.45) is 2.55. The van der Waals surface area contributed by atoms with Crippen LogP contribution in [0.15, 0.2) is 48.7 Å². The second-order valence-electron chi connectivity index (χ2n) is 7.62. The molecular formula is C21H25ClN5O4PS. The second kappa shape index (κ2) is 9.59. The van der Waals surface area contributed by atoms with Crippen molar-refractivity contribution in [3.8, 4) is 5.75 Å². The Labute approximate surface area is 198 Å². The van der Waals surface area contributed by atoms with Gasteiger partial charge in [-0.1, -0.05) is 23.7 Å². The fourth-order valence-electron chi connectivity index (χ4n) is 2.91. The number of ether oxygens (including phenoxy) is 1. The number of nitrogens with one attached hydrogen (secondary N) is 2. The Morgan fingerprint density at radius 3 is 2.42 bits per heavy atom. The summed E-state index contributed by atoms with van der Waals surface area (Å²) < 4.78 is 43.0. The van der Waals surface area contributed by atoms with Gasteiger partial charge in [-0.05, 0) is 43.7 Å². The minimum absolute atomic E-state index is 0.234. The fourth-order valence-corrected chi connectivity index (χ4v) is 4.43. The summed E-state index contributed by atoms with van der Waals surface area (Å²) in [6.45, 7) is 3.38. The molecule has 1 aromatic heterocycles. The highest BCUT2D eigenvalue weighted by atomic mass is 35.5. The predicted molar refractivity (Wildman–Crippen MR) is 135 cm³/mol. The molecule has 0 atom stereocenters. The highest BCUT2D eigenvalue weighted by Crippen LogP contribution is 2.38. The van der Waals surface area contributed by atoms with Gasteiger partial charge in [-0.25, -0.2) is 13.4 Å². The van der Waals surface area contributed by atoms with Crippen LogP contribution in [0.4, 0.5) is 28.8 Å². The van der Waals surface area contributed by atoms with Crippen LogP contribution in [0.5, 0.6) is 5.75 Å². The Bertz CT molecular complexity index is 1330. The van der Waals surface area contributed by atoms with Gasteiger partial charge in [0.05, 0.1) is 36.6 Å². The number of methoxy groups -OCH3 is 1. The zero-order chi connectivity index (χ0) is 24.4. The van der Waals surface area contributed by atoms with E-state index in [4.69, 9.17) is 16.3 Å². The number of hydrogen-bond acceptors (Lipinski definition) is 8. The number of benzene rings is 2. The summed E-state index contributed by atoms with van der Waals surface area (Å²) >= 11 is 6.30. The minimum Gasteiger partial charge on any atom is -0.495 e. The average Bonchev–Trinajstić information content (AvgIpc) is 2.74. The molecule has 0 fully saturated rings. The normalized spacial score (nSPS) is 11.7. The number of aromatic nitrogens is 2. The fraction of sp³-hybridized carbons (Fsp3) is 0.238. The van der Waals surface area contributed by atoms with Crippen LogP contribution in [0, 0.1) is 0 Å². The van der Waals surface area contributed by atoms with Crippen molar-refractivity contribution in [1.29, 1.82) is 0 Å². The molecule has 0 saturated heterocycles. The summed E-state index contributed by atoms with van der Waals surface area (Å²) in [6, 6.07) is 12.1. The molecule has 2 N–H and O–H groups in total. The first-order valence-corrected chi connectivity index (χ1v) is 14.6. The summed E-state index contributed by atoms with van der Waals surface area (Å²) in [5, 5.41) is 7.09. The van der Waals surface area contributed by atoms with Gasteiger partial charge < -0.3 is 19.9 Å². The number of para-hydroxylation sites is 2. The van der Waals surface area contributed by atoms with E-state index in [9.17, 15) is 13.0 Å². The monoisotopic (exact) mass is 509 g/mol. The molecule has 3 aromatic rings. The van der Waals surface area contributed by atoms with Gasteiger partial charge in [-0.15, -0.1) is 0 Å². The quantitative estimate of drug-likeness (QED) is 0.433. The van der Waals surface area contributed by atoms with Crippen LogP contribution in [0.3, 0.4) is 0 Å². The van der Waals surface area contributed by atoms with E-state index in [0.29, 0.717) is 28.1 Å². The maximum Gasteiger partial charge on any atom is 0.232 e. The molecule has 12 heteroatoms. The van der Waals surface area contributed by atoms with E-state index >= 15 is 0 Å². The third kappa shape index (κ3) is 5.96. The van der Waals surface area contributed by atoms with Crippen molar-refractivity contribution in [1.82, 2.24) is 9.97 Å². The Morgan fingerprint density at radius 2 is 1.79 bits per heavy atom. The van der Waals surface area contributed by atoms with E-state index in [1.807, 2.05) is 0 Å². The summed E-state index contributed by atoms with van der Waals surface area (Å²) in [5.41, 5.74) is 1.52. The Hall–Kier alpha value is -2.81. The molecule has 176 valence electrons. The van der Waals surface area contributed by atoms with Gasteiger partial charge in [0.15, 0.2) is 5.82 Å². The van der Waals surface area contributed by atoms with Crippen LogP contribution in [-0.4, -0.2) is 52.1 Å². The van der Waals surface area contributed by atoms with Crippen molar-refractivity contribution in [3.05, 3.63) is 53.7 Å². The predicted octanol–water partition coefficient (Wildman–Crippen LogP) is 4.27. The molecule has 1 heterocycles. The average molecular weight is 510 g/mol. The molecule has 0 bridgehead atoms. The van der Waals surface area contributed by atoms with Crippen LogP contribution < -0.4 is 25.0 Å². The molecule has 0 aliphatic heterocycles. The molecule has 0 aliphatic carbocycles. The number of rotatable bonds is 8. The summed E-state index contributed by atoms with van der Waals surface area (Å²) in [4.78, 5) is 8.64. The molecule has 0 aliphatic rings. The maximum absolute atomic E-state index is 12.4. The van der Waals surface area contributed by atoms with E-state index in [2.05, 4.69) is 20.6 Å². The number of anilines is 5. The van der Waals surface area contributed by atoms with E-state index < -0.39 is 17.2 Å². The molecule has 0 unspecified atom stereocenters. The number of nitrogens with zero attached hydrogens (tertiary/aromatic N) is 3. The lowest BCUT2D eigenvalue weighted by molar-refractivity contribution is 0.417. The first-order chi connectivity index (χ1) is 15.4. The van der Waals surface area contributed by atoms with Crippen molar-refractivity contribution in [2.45, 2.75) is 0 Å². The van der Waals surface area contributed by atoms with Crippen molar-refractivity contribution in [3.63, 3.8) is 0 Å².